The lowest BCUT2D eigenvalue weighted by Crippen LogP contribution is -2.62. The number of nitrogens with zero attached hydrogens (tertiary/aromatic N) is 2. The Kier molecular flexibility index (Phi) is 4.22. The number of allylic oxidation sites excluding steroid dienone is 2. The van der Waals surface area contributed by atoms with Crippen LogP contribution < -0.4 is 15.8 Å². The number of hydrogen-bond donors (Lipinski definition) is 3. The van der Waals surface area contributed by atoms with Gasteiger partial charge >= 0.3 is 0 Å². The van der Waals surface area contributed by atoms with Crippen molar-refractivity contribution >= 4 is 22.7 Å². The molecule has 1 aromatic heterocycles. The van der Waals surface area contributed by atoms with Crippen LogP contribution in [0.1, 0.15) is 41.4 Å². The highest BCUT2D eigenvalue weighted by atomic mass is 16.6. The van der Waals surface area contributed by atoms with Gasteiger partial charge in [-0.1, -0.05) is 37.3 Å². The predicted octanol–water partition coefficient (Wildman–Crippen LogP) is 2.41. The molecule has 34 heavy (non-hydrogen) atoms. The van der Waals surface area contributed by atoms with Gasteiger partial charge in [0.15, 0.2) is 0 Å². The summed E-state index contributed by atoms with van der Waals surface area (Å²) >= 11 is 0. The summed E-state index contributed by atoms with van der Waals surface area (Å²) in [6.07, 6.45) is 4.90. The van der Waals surface area contributed by atoms with E-state index in [0.29, 0.717) is 46.5 Å². The molecule has 1 aliphatic heterocycles. The SMILES string of the molecule is CCc1ccc2c(c1)OC1(O)C3=CCCC(N)=C3C(=O)C21NC(=O)c1cnc2ccccc2n1. The minimum Gasteiger partial charge on any atom is -0.454 e. The van der Waals surface area contributed by atoms with Gasteiger partial charge in [0.1, 0.15) is 11.4 Å². The molecule has 6 rings (SSSR count). The molecule has 0 bridgehead atoms. The maximum absolute atomic E-state index is 14.0. The molecule has 4 N–H and O–H groups in total. The van der Waals surface area contributed by atoms with Gasteiger partial charge in [-0.15, -0.1) is 0 Å². The number of aryl methyl sites for hydroxylation is 1. The zero-order valence-corrected chi connectivity index (χ0v) is 18.5. The molecule has 2 unspecified atom stereocenters. The number of rotatable bonds is 3. The largest absolute Gasteiger partial charge is 0.454 e. The molecule has 2 heterocycles. The molecule has 1 amide bonds. The van der Waals surface area contributed by atoms with Crippen LogP contribution in [-0.2, 0) is 16.8 Å². The van der Waals surface area contributed by atoms with E-state index in [0.717, 1.165) is 12.0 Å². The number of nitrogens with two attached hydrogens (primary N) is 1. The molecule has 2 aliphatic carbocycles. The normalized spacial score (nSPS) is 24.9. The van der Waals surface area contributed by atoms with Gasteiger partial charge in [-0.25, -0.2) is 4.98 Å². The van der Waals surface area contributed by atoms with Gasteiger partial charge in [0.05, 0.1) is 17.2 Å². The monoisotopic (exact) mass is 454 g/mol. The Morgan fingerprint density at radius 1 is 1.24 bits per heavy atom. The fourth-order valence-corrected chi connectivity index (χ4v) is 5.18. The van der Waals surface area contributed by atoms with Crippen molar-refractivity contribution in [2.45, 2.75) is 37.5 Å². The molecule has 1 fully saturated rings. The van der Waals surface area contributed by atoms with E-state index in [1.165, 1.54) is 6.20 Å². The summed E-state index contributed by atoms with van der Waals surface area (Å²) in [4.78, 5) is 36.2. The molecule has 2 aromatic carbocycles. The minimum atomic E-state index is -2.13. The molecule has 2 atom stereocenters. The van der Waals surface area contributed by atoms with Crippen molar-refractivity contribution in [3.05, 3.63) is 88.4 Å². The molecular formula is C26H22N4O4. The number of amides is 1. The zero-order valence-electron chi connectivity index (χ0n) is 18.5. The van der Waals surface area contributed by atoms with E-state index in [4.69, 9.17) is 10.5 Å². The van der Waals surface area contributed by atoms with E-state index in [1.54, 1.807) is 36.4 Å². The first-order valence-corrected chi connectivity index (χ1v) is 11.2. The van der Waals surface area contributed by atoms with Gasteiger partial charge < -0.3 is 20.9 Å². The van der Waals surface area contributed by atoms with Crippen LogP contribution in [0.15, 0.2) is 71.6 Å². The average molecular weight is 454 g/mol. The molecular weight excluding hydrogens is 432 g/mol. The fraction of sp³-hybridized carbons (Fsp3) is 0.231. The average Bonchev–Trinajstić information content (AvgIpc) is 3.21. The lowest BCUT2D eigenvalue weighted by atomic mass is 9.83. The van der Waals surface area contributed by atoms with E-state index >= 15 is 0 Å². The van der Waals surface area contributed by atoms with Crippen LogP contribution in [0.5, 0.6) is 5.75 Å². The summed E-state index contributed by atoms with van der Waals surface area (Å²) in [5.41, 5.74) is 7.77. The maximum atomic E-state index is 14.0. The van der Waals surface area contributed by atoms with Crippen molar-refractivity contribution in [2.75, 3.05) is 0 Å². The number of benzene rings is 2. The van der Waals surface area contributed by atoms with E-state index in [-0.39, 0.29) is 11.3 Å². The van der Waals surface area contributed by atoms with Crippen molar-refractivity contribution in [1.29, 1.82) is 0 Å². The number of carbonyl (C=O) groups excluding carboxylic acids is 2. The van der Waals surface area contributed by atoms with E-state index < -0.39 is 23.0 Å². The van der Waals surface area contributed by atoms with Crippen LogP contribution in [0.25, 0.3) is 11.0 Å². The molecule has 3 aromatic rings. The van der Waals surface area contributed by atoms with Crippen molar-refractivity contribution in [3.63, 3.8) is 0 Å². The molecule has 0 spiro atoms. The van der Waals surface area contributed by atoms with Gasteiger partial charge in [-0.3, -0.25) is 14.6 Å². The van der Waals surface area contributed by atoms with Gasteiger partial charge in [0.25, 0.3) is 11.7 Å². The number of carbonyl (C=O) groups is 2. The number of aliphatic hydroxyl groups is 1. The Labute approximate surface area is 195 Å². The molecule has 3 aliphatic rings. The second-order valence-electron chi connectivity index (χ2n) is 8.76. The first-order chi connectivity index (χ1) is 16.4. The first-order valence-electron chi connectivity index (χ1n) is 11.2. The number of hydrogen-bond acceptors (Lipinski definition) is 7. The molecule has 1 saturated carbocycles. The number of nitrogens with one attached hydrogen (secondary N) is 1. The van der Waals surface area contributed by atoms with Crippen LogP contribution in [-0.4, -0.2) is 32.6 Å². The van der Waals surface area contributed by atoms with Gasteiger partial charge in [0.2, 0.25) is 11.3 Å². The topological polar surface area (TPSA) is 127 Å². The fourth-order valence-electron chi connectivity index (χ4n) is 5.18. The second-order valence-corrected chi connectivity index (χ2v) is 8.76. The third-order valence-electron chi connectivity index (χ3n) is 6.89. The number of ketones is 1. The Bertz CT molecular complexity index is 1480. The Morgan fingerprint density at radius 2 is 2.03 bits per heavy atom. The smallest absolute Gasteiger partial charge is 0.272 e. The highest BCUT2D eigenvalue weighted by Gasteiger charge is 2.74. The Balaban J connectivity index is 1.53. The zero-order chi connectivity index (χ0) is 23.7. The molecule has 0 radical (unpaired) electrons. The van der Waals surface area contributed by atoms with E-state index in [1.807, 2.05) is 19.1 Å². The summed E-state index contributed by atoms with van der Waals surface area (Å²) in [7, 11) is 0. The molecule has 8 nitrogen and oxygen atoms in total. The predicted molar refractivity (Wildman–Crippen MR) is 124 cm³/mol. The minimum absolute atomic E-state index is 0.0210. The van der Waals surface area contributed by atoms with Crippen LogP contribution in [0, 0.1) is 0 Å². The standard InChI is InChI=1S/C26H22N4O4/c1-2-14-10-11-15-21(12-14)34-26(33)16-6-5-7-17(27)22(16)23(31)25(15,26)30-24(32)20-13-28-18-8-3-4-9-19(18)29-20/h3-4,6,8-13,33H,2,5,7,27H2,1H3,(H,30,32). The van der Waals surface area contributed by atoms with E-state index in [2.05, 4.69) is 15.3 Å². The summed E-state index contributed by atoms with van der Waals surface area (Å²) in [6, 6.07) is 12.6. The van der Waals surface area contributed by atoms with Crippen LogP contribution >= 0.6 is 0 Å². The Hall–Kier alpha value is -4.04. The lowest BCUT2D eigenvalue weighted by molar-refractivity contribution is -0.152. The lowest BCUT2D eigenvalue weighted by Gasteiger charge is -2.34. The molecule has 0 saturated heterocycles. The first kappa shape index (κ1) is 20.6. The highest BCUT2D eigenvalue weighted by molar-refractivity contribution is 6.16. The second kappa shape index (κ2) is 6.98. The van der Waals surface area contributed by atoms with Gasteiger partial charge in [-0.2, -0.15) is 0 Å². The number of aromatic nitrogens is 2. The number of fused-ring (bicyclic) bond motifs is 6. The van der Waals surface area contributed by atoms with Crippen molar-refractivity contribution in [1.82, 2.24) is 15.3 Å². The summed E-state index contributed by atoms with van der Waals surface area (Å²) in [5.74, 6) is -2.92. The van der Waals surface area contributed by atoms with Crippen molar-refractivity contribution in [2.24, 2.45) is 5.73 Å². The summed E-state index contributed by atoms with van der Waals surface area (Å²) in [6.45, 7) is 2.00. The van der Waals surface area contributed by atoms with Crippen LogP contribution in [0.3, 0.4) is 0 Å². The summed E-state index contributed by atoms with van der Waals surface area (Å²) in [5, 5.41) is 14.8. The third kappa shape index (κ3) is 2.51. The van der Waals surface area contributed by atoms with Gasteiger partial charge in [0, 0.05) is 22.4 Å². The van der Waals surface area contributed by atoms with E-state index in [9.17, 15) is 14.7 Å². The van der Waals surface area contributed by atoms with Crippen molar-refractivity contribution < 1.29 is 19.4 Å². The maximum Gasteiger partial charge on any atom is 0.272 e. The summed E-state index contributed by atoms with van der Waals surface area (Å²) < 4.78 is 6.09. The van der Waals surface area contributed by atoms with Crippen molar-refractivity contribution in [3.8, 4) is 5.75 Å². The highest BCUT2D eigenvalue weighted by Crippen LogP contribution is 2.59. The quantitative estimate of drug-likeness (QED) is 0.555. The third-order valence-corrected chi connectivity index (χ3v) is 6.89. The Morgan fingerprint density at radius 3 is 2.82 bits per heavy atom. The van der Waals surface area contributed by atoms with Crippen LogP contribution in [0.4, 0.5) is 0 Å². The molecule has 8 heteroatoms. The molecule has 170 valence electrons. The van der Waals surface area contributed by atoms with Gasteiger partial charge in [-0.05, 0) is 43.0 Å². The number of Topliss-reactive ketones (excluding diaryl/α,β-unsaturated/α-hetero) is 1. The van der Waals surface area contributed by atoms with Crippen LogP contribution in [0.2, 0.25) is 0 Å². The number of ether oxygens (including phenoxy) is 1. The number of para-hydroxylation sites is 2.